The van der Waals surface area contributed by atoms with Crippen LogP contribution in [-0.2, 0) is 17.8 Å². The summed E-state index contributed by atoms with van der Waals surface area (Å²) in [4.78, 5) is 12.9. The molecule has 3 aromatic rings. The smallest absolute Gasteiger partial charge is 0.280 e. The van der Waals surface area contributed by atoms with Crippen molar-refractivity contribution in [2.45, 2.75) is 20.0 Å². The van der Waals surface area contributed by atoms with Crippen LogP contribution >= 0.6 is 23.2 Å². The molecule has 0 aromatic heterocycles. The van der Waals surface area contributed by atoms with Crippen LogP contribution in [-0.4, -0.2) is 11.6 Å². The zero-order valence-electron chi connectivity index (χ0n) is 19.6. The maximum atomic E-state index is 14.3. The molecule has 4 rings (SSSR count). The zero-order chi connectivity index (χ0) is 27.7. The summed E-state index contributed by atoms with van der Waals surface area (Å²) in [6.45, 7) is 5.30. The summed E-state index contributed by atoms with van der Waals surface area (Å²) in [5.41, 5.74) is 0.471. The lowest BCUT2D eigenvalue weighted by Gasteiger charge is -2.15. The number of carbonyl (C=O) groups is 1. The first-order chi connectivity index (χ1) is 18.0. The third-order valence-corrected chi connectivity index (χ3v) is 6.34. The summed E-state index contributed by atoms with van der Waals surface area (Å²) in [6.07, 6.45) is 3.45. The van der Waals surface area contributed by atoms with E-state index in [4.69, 9.17) is 27.9 Å². The fraction of sp³-hybridized carbons (Fsp3) is 0.111. The van der Waals surface area contributed by atoms with Crippen molar-refractivity contribution >= 4 is 46.6 Å². The molecule has 38 heavy (non-hydrogen) atoms. The number of allylic oxidation sites excluding steroid dienone is 1. The van der Waals surface area contributed by atoms with E-state index in [1.807, 2.05) is 0 Å². The first kappa shape index (κ1) is 27.3. The van der Waals surface area contributed by atoms with Crippen LogP contribution in [0.5, 0.6) is 5.75 Å². The van der Waals surface area contributed by atoms with Crippen molar-refractivity contribution < 1.29 is 31.5 Å². The van der Waals surface area contributed by atoms with Crippen molar-refractivity contribution in [1.29, 1.82) is 0 Å². The summed E-state index contributed by atoms with van der Waals surface area (Å²) in [5.74, 6) is -11.5. The Kier molecular flexibility index (Phi) is 7.89. The second kappa shape index (κ2) is 11.0. The maximum Gasteiger partial charge on any atom is 0.280 e. The van der Waals surface area contributed by atoms with Crippen LogP contribution in [0.3, 0.4) is 0 Å². The molecule has 0 spiro atoms. The highest BCUT2D eigenvalue weighted by molar-refractivity contribution is 6.42. The number of hydrazone groups is 1. The second-order valence-corrected chi connectivity index (χ2v) is 8.99. The van der Waals surface area contributed by atoms with Crippen LogP contribution in [0.1, 0.15) is 23.6 Å². The lowest BCUT2D eigenvalue weighted by atomic mass is 10.0. The molecule has 1 heterocycles. The zero-order valence-corrected chi connectivity index (χ0v) is 21.1. The predicted molar refractivity (Wildman–Crippen MR) is 136 cm³/mol. The van der Waals surface area contributed by atoms with Gasteiger partial charge in [-0.2, -0.15) is 10.1 Å². The number of rotatable bonds is 7. The Bertz CT molecular complexity index is 1510. The van der Waals surface area contributed by atoms with Crippen LogP contribution in [0.2, 0.25) is 10.0 Å². The van der Waals surface area contributed by atoms with Crippen molar-refractivity contribution in [1.82, 2.24) is 0 Å². The van der Waals surface area contributed by atoms with E-state index in [9.17, 15) is 26.7 Å². The minimum absolute atomic E-state index is 0.0177. The molecule has 196 valence electrons. The average molecular weight is 567 g/mol. The first-order valence-electron chi connectivity index (χ1n) is 11.0. The molecule has 1 aliphatic rings. The molecule has 0 saturated carbocycles. The fourth-order valence-corrected chi connectivity index (χ4v) is 4.04. The highest BCUT2D eigenvalue weighted by Gasteiger charge is 2.37. The van der Waals surface area contributed by atoms with E-state index in [1.165, 1.54) is 13.0 Å². The molecule has 0 N–H and O–H groups in total. The Morgan fingerprint density at radius 3 is 2.24 bits per heavy atom. The molecule has 0 aliphatic carbocycles. The number of benzene rings is 3. The Morgan fingerprint density at radius 1 is 0.947 bits per heavy atom. The Labute approximate surface area is 224 Å². The number of amides is 1. The predicted octanol–water partition coefficient (Wildman–Crippen LogP) is 7.80. The highest BCUT2D eigenvalue weighted by atomic mass is 35.5. The van der Waals surface area contributed by atoms with E-state index in [0.717, 1.165) is 5.56 Å². The van der Waals surface area contributed by atoms with Gasteiger partial charge >= 0.3 is 0 Å². The maximum absolute atomic E-state index is 14.3. The average Bonchev–Trinajstić information content (AvgIpc) is 3.16. The van der Waals surface area contributed by atoms with Crippen LogP contribution in [0, 0.1) is 29.1 Å². The molecule has 1 aliphatic heterocycles. The molecule has 4 nitrogen and oxygen atoms in total. The fourth-order valence-electron chi connectivity index (χ4n) is 3.72. The van der Waals surface area contributed by atoms with Crippen molar-refractivity contribution in [2.75, 3.05) is 5.01 Å². The van der Waals surface area contributed by atoms with Gasteiger partial charge in [-0.15, -0.1) is 6.58 Å². The van der Waals surface area contributed by atoms with Crippen molar-refractivity contribution in [3.63, 3.8) is 0 Å². The first-order valence-corrected chi connectivity index (χ1v) is 11.7. The molecule has 0 atom stereocenters. The lowest BCUT2D eigenvalue weighted by Crippen LogP contribution is -2.25. The van der Waals surface area contributed by atoms with Gasteiger partial charge in [0, 0.05) is 0 Å². The molecule has 0 saturated heterocycles. The molecule has 1 amide bonds. The number of nitrogens with zero attached hydrogens (tertiary/aromatic N) is 2. The van der Waals surface area contributed by atoms with Gasteiger partial charge < -0.3 is 4.74 Å². The summed E-state index contributed by atoms with van der Waals surface area (Å²) >= 11 is 12.0. The standard InChI is InChI=1S/C27H17Cl2F5N2O2/c1-3-4-16-9-14(6-8-20(16)38-12-15-5-7-18(28)19(29)11-15)10-17-13(2)35-36(27(17)37)26-24(33)22(31)21(30)23(32)25(26)34/h3,5-11H,1,4,12H2,2H3/b17-10+. The third kappa shape index (κ3) is 5.16. The lowest BCUT2D eigenvalue weighted by molar-refractivity contribution is -0.114. The summed E-state index contributed by atoms with van der Waals surface area (Å²) < 4.78 is 75.3. The number of hydrogen-bond donors (Lipinski definition) is 0. The van der Waals surface area contributed by atoms with E-state index in [-0.39, 0.29) is 22.9 Å². The van der Waals surface area contributed by atoms with Crippen LogP contribution in [0.4, 0.5) is 27.6 Å². The molecule has 0 unspecified atom stereocenters. The molecule has 3 aromatic carbocycles. The Balaban J connectivity index is 1.63. The summed E-state index contributed by atoms with van der Waals surface area (Å²) in [5, 5.41) is 4.71. The van der Waals surface area contributed by atoms with Gasteiger partial charge in [-0.05, 0) is 60.4 Å². The van der Waals surface area contributed by atoms with Crippen molar-refractivity contribution in [2.24, 2.45) is 5.10 Å². The number of carbonyl (C=O) groups excluding carboxylic acids is 1. The van der Waals surface area contributed by atoms with Gasteiger partial charge in [-0.1, -0.05) is 41.4 Å². The number of halogens is 7. The number of ether oxygens (including phenoxy) is 1. The van der Waals surface area contributed by atoms with Gasteiger partial charge in [-0.25, -0.2) is 22.0 Å². The van der Waals surface area contributed by atoms with Gasteiger partial charge in [0.2, 0.25) is 5.82 Å². The topological polar surface area (TPSA) is 41.9 Å². The van der Waals surface area contributed by atoms with E-state index in [2.05, 4.69) is 11.7 Å². The van der Waals surface area contributed by atoms with E-state index < -0.39 is 40.7 Å². The Morgan fingerprint density at radius 2 is 1.61 bits per heavy atom. The number of anilines is 1. The summed E-state index contributed by atoms with van der Waals surface area (Å²) in [7, 11) is 0. The largest absolute Gasteiger partial charge is 0.489 e. The van der Waals surface area contributed by atoms with Gasteiger partial charge in [-0.3, -0.25) is 4.79 Å². The van der Waals surface area contributed by atoms with Crippen molar-refractivity contribution in [3.05, 3.63) is 110 Å². The molecular weight excluding hydrogens is 550 g/mol. The molecular formula is C27H17Cl2F5N2O2. The van der Waals surface area contributed by atoms with Gasteiger partial charge in [0.05, 0.1) is 21.3 Å². The van der Waals surface area contributed by atoms with Gasteiger partial charge in [0.25, 0.3) is 5.91 Å². The molecule has 11 heteroatoms. The van der Waals surface area contributed by atoms with E-state index in [1.54, 1.807) is 42.5 Å². The molecule has 0 radical (unpaired) electrons. The molecule has 0 bridgehead atoms. The SMILES string of the molecule is C=CCc1cc(/C=C2/C(=O)N(c3c(F)c(F)c(F)c(F)c3F)N=C2C)ccc1OCc1ccc(Cl)c(Cl)c1. The van der Waals surface area contributed by atoms with E-state index in [0.29, 0.717) is 33.3 Å². The summed E-state index contributed by atoms with van der Waals surface area (Å²) in [6, 6.07) is 10.1. The monoisotopic (exact) mass is 566 g/mol. The van der Waals surface area contributed by atoms with Gasteiger partial charge in [0.15, 0.2) is 23.3 Å². The quantitative estimate of drug-likeness (QED) is 0.0962. The van der Waals surface area contributed by atoms with E-state index >= 15 is 0 Å². The second-order valence-electron chi connectivity index (χ2n) is 8.18. The van der Waals surface area contributed by atoms with Gasteiger partial charge in [0.1, 0.15) is 18.0 Å². The van der Waals surface area contributed by atoms with Crippen LogP contribution < -0.4 is 9.75 Å². The third-order valence-electron chi connectivity index (χ3n) is 5.60. The Hall–Kier alpha value is -3.69. The van der Waals surface area contributed by atoms with Crippen molar-refractivity contribution in [3.8, 4) is 5.75 Å². The van der Waals surface area contributed by atoms with Crippen LogP contribution in [0.25, 0.3) is 6.08 Å². The number of hydrogen-bond acceptors (Lipinski definition) is 3. The normalized spacial score (nSPS) is 14.3. The van der Waals surface area contributed by atoms with Crippen LogP contribution in [0.15, 0.2) is 59.7 Å². The minimum Gasteiger partial charge on any atom is -0.489 e. The minimum atomic E-state index is -2.33. The highest BCUT2D eigenvalue weighted by Crippen LogP contribution is 2.34. The molecule has 0 fully saturated rings.